The van der Waals surface area contributed by atoms with Crippen LogP contribution in [0.3, 0.4) is 0 Å². The number of amides is 1. The second kappa shape index (κ2) is 7.62. The SMILES string of the molecule is CCCCCCC(C)NC(=O)c1oc(Br)cc1C. The first-order valence-electron chi connectivity index (χ1n) is 6.61. The summed E-state index contributed by atoms with van der Waals surface area (Å²) in [7, 11) is 0. The summed E-state index contributed by atoms with van der Waals surface area (Å²) in [5.74, 6) is 0.281. The molecule has 3 nitrogen and oxygen atoms in total. The lowest BCUT2D eigenvalue weighted by atomic mass is 10.1. The largest absolute Gasteiger partial charge is 0.444 e. The Bertz CT molecular complexity index is 387. The molecule has 1 amide bonds. The van der Waals surface area contributed by atoms with Crippen molar-refractivity contribution in [3.8, 4) is 0 Å². The van der Waals surface area contributed by atoms with Gasteiger partial charge in [0.2, 0.25) is 0 Å². The highest BCUT2D eigenvalue weighted by Gasteiger charge is 2.16. The maximum absolute atomic E-state index is 12.0. The quantitative estimate of drug-likeness (QED) is 0.756. The molecule has 1 heterocycles. The minimum atomic E-state index is -0.124. The Morgan fingerprint density at radius 1 is 1.44 bits per heavy atom. The number of aryl methyl sites for hydroxylation is 1. The van der Waals surface area contributed by atoms with Crippen molar-refractivity contribution in [1.82, 2.24) is 5.32 Å². The Morgan fingerprint density at radius 2 is 2.17 bits per heavy atom. The zero-order valence-electron chi connectivity index (χ0n) is 11.4. The minimum absolute atomic E-state index is 0.124. The van der Waals surface area contributed by atoms with Gasteiger partial charge < -0.3 is 9.73 Å². The Morgan fingerprint density at radius 3 is 2.72 bits per heavy atom. The average Bonchev–Trinajstić information content (AvgIpc) is 2.64. The summed E-state index contributed by atoms with van der Waals surface area (Å²) in [6.07, 6.45) is 5.93. The smallest absolute Gasteiger partial charge is 0.287 e. The highest BCUT2D eigenvalue weighted by atomic mass is 79.9. The second-order valence-electron chi connectivity index (χ2n) is 4.79. The van der Waals surface area contributed by atoms with Crippen molar-refractivity contribution < 1.29 is 9.21 Å². The van der Waals surface area contributed by atoms with Crippen molar-refractivity contribution in [2.75, 3.05) is 0 Å². The van der Waals surface area contributed by atoms with Crippen LogP contribution in [0.2, 0.25) is 0 Å². The van der Waals surface area contributed by atoms with Crippen LogP contribution in [0.15, 0.2) is 15.2 Å². The molecule has 0 aliphatic rings. The first kappa shape index (κ1) is 15.3. The number of halogens is 1. The Kier molecular flexibility index (Phi) is 6.47. The molecule has 1 atom stereocenters. The third kappa shape index (κ3) is 4.84. The first-order valence-corrected chi connectivity index (χ1v) is 7.40. The number of hydrogen-bond donors (Lipinski definition) is 1. The van der Waals surface area contributed by atoms with Gasteiger partial charge in [-0.25, -0.2) is 0 Å². The van der Waals surface area contributed by atoms with E-state index in [0.717, 1.165) is 18.4 Å². The third-order valence-electron chi connectivity index (χ3n) is 2.96. The van der Waals surface area contributed by atoms with Gasteiger partial charge in [-0.15, -0.1) is 0 Å². The van der Waals surface area contributed by atoms with E-state index in [0.29, 0.717) is 10.4 Å². The van der Waals surface area contributed by atoms with Gasteiger partial charge in [0, 0.05) is 11.6 Å². The molecule has 1 rings (SSSR count). The van der Waals surface area contributed by atoms with Crippen LogP contribution in [0.1, 0.15) is 62.1 Å². The monoisotopic (exact) mass is 315 g/mol. The van der Waals surface area contributed by atoms with Crippen LogP contribution in [0.25, 0.3) is 0 Å². The molecule has 4 heteroatoms. The number of unbranched alkanes of at least 4 members (excludes halogenated alkanes) is 3. The maximum Gasteiger partial charge on any atom is 0.287 e. The zero-order valence-corrected chi connectivity index (χ0v) is 13.0. The number of carbonyl (C=O) groups is 1. The van der Waals surface area contributed by atoms with E-state index in [1.165, 1.54) is 19.3 Å². The zero-order chi connectivity index (χ0) is 13.5. The normalized spacial score (nSPS) is 12.4. The van der Waals surface area contributed by atoms with E-state index in [-0.39, 0.29) is 11.9 Å². The summed E-state index contributed by atoms with van der Waals surface area (Å²) < 4.78 is 5.92. The summed E-state index contributed by atoms with van der Waals surface area (Å²) in [5.41, 5.74) is 0.859. The number of nitrogens with one attached hydrogen (secondary N) is 1. The van der Waals surface area contributed by atoms with Gasteiger partial charge in [-0.3, -0.25) is 4.79 Å². The van der Waals surface area contributed by atoms with Crippen LogP contribution in [0.5, 0.6) is 0 Å². The predicted molar refractivity (Wildman–Crippen MR) is 76.8 cm³/mol. The molecule has 0 aliphatic carbocycles. The van der Waals surface area contributed by atoms with Crippen LogP contribution in [0.4, 0.5) is 0 Å². The van der Waals surface area contributed by atoms with Gasteiger partial charge in [0.05, 0.1) is 0 Å². The van der Waals surface area contributed by atoms with Crippen molar-refractivity contribution in [3.63, 3.8) is 0 Å². The summed E-state index contributed by atoms with van der Waals surface area (Å²) in [6.45, 7) is 6.11. The number of carbonyl (C=O) groups excluding carboxylic acids is 1. The fourth-order valence-corrected chi connectivity index (χ4v) is 2.41. The Hall–Kier alpha value is -0.770. The highest BCUT2D eigenvalue weighted by Crippen LogP contribution is 2.19. The molecule has 1 N–H and O–H groups in total. The number of rotatable bonds is 7. The van der Waals surface area contributed by atoms with Crippen LogP contribution < -0.4 is 5.32 Å². The van der Waals surface area contributed by atoms with E-state index in [9.17, 15) is 4.79 Å². The van der Waals surface area contributed by atoms with Gasteiger partial charge in [0.25, 0.3) is 5.91 Å². The molecule has 0 saturated heterocycles. The van der Waals surface area contributed by atoms with E-state index in [1.807, 2.05) is 13.8 Å². The van der Waals surface area contributed by atoms with Crippen molar-refractivity contribution in [3.05, 3.63) is 22.1 Å². The Balaban J connectivity index is 2.37. The topological polar surface area (TPSA) is 42.2 Å². The van der Waals surface area contributed by atoms with E-state index in [2.05, 4.69) is 28.2 Å². The standard InChI is InChI=1S/C14H22BrNO2/c1-4-5-6-7-8-11(3)16-14(17)13-10(2)9-12(15)18-13/h9,11H,4-8H2,1-3H3,(H,16,17). The molecule has 0 spiro atoms. The molecule has 18 heavy (non-hydrogen) atoms. The second-order valence-corrected chi connectivity index (χ2v) is 5.57. The highest BCUT2D eigenvalue weighted by molar-refractivity contribution is 9.10. The van der Waals surface area contributed by atoms with Crippen molar-refractivity contribution in [2.45, 2.75) is 58.9 Å². The van der Waals surface area contributed by atoms with Gasteiger partial charge in [0.15, 0.2) is 10.4 Å². The van der Waals surface area contributed by atoms with Crippen molar-refractivity contribution in [1.29, 1.82) is 0 Å². The lowest BCUT2D eigenvalue weighted by Gasteiger charge is -2.12. The summed E-state index contributed by atoms with van der Waals surface area (Å²) >= 11 is 3.23. The molecule has 0 aliphatic heterocycles. The summed E-state index contributed by atoms with van der Waals surface area (Å²) in [6, 6.07) is 2.00. The first-order chi connectivity index (χ1) is 8.54. The molecule has 0 fully saturated rings. The fourth-order valence-electron chi connectivity index (χ4n) is 1.91. The van der Waals surface area contributed by atoms with E-state index >= 15 is 0 Å². The van der Waals surface area contributed by atoms with Gasteiger partial charge in [-0.1, -0.05) is 32.6 Å². The molecule has 1 aromatic rings. The lowest BCUT2D eigenvalue weighted by molar-refractivity contribution is 0.0907. The van der Waals surface area contributed by atoms with Crippen LogP contribution in [-0.2, 0) is 0 Å². The third-order valence-corrected chi connectivity index (χ3v) is 3.35. The van der Waals surface area contributed by atoms with Crippen molar-refractivity contribution in [2.24, 2.45) is 0 Å². The number of furan rings is 1. The molecule has 0 bridgehead atoms. The average molecular weight is 316 g/mol. The van der Waals surface area contributed by atoms with E-state index < -0.39 is 0 Å². The molecular weight excluding hydrogens is 294 g/mol. The van der Waals surface area contributed by atoms with Gasteiger partial charge in [-0.05, 0) is 42.3 Å². The van der Waals surface area contributed by atoms with Gasteiger partial charge >= 0.3 is 0 Å². The number of hydrogen-bond acceptors (Lipinski definition) is 2. The summed E-state index contributed by atoms with van der Waals surface area (Å²) in [4.78, 5) is 12.0. The predicted octanol–water partition coefficient (Wildman–Crippen LogP) is 4.44. The minimum Gasteiger partial charge on any atom is -0.444 e. The van der Waals surface area contributed by atoms with Gasteiger partial charge in [-0.2, -0.15) is 0 Å². The maximum atomic E-state index is 12.0. The van der Waals surface area contributed by atoms with Crippen LogP contribution in [-0.4, -0.2) is 11.9 Å². The molecule has 0 saturated carbocycles. The Labute approximate surface area is 117 Å². The van der Waals surface area contributed by atoms with Gasteiger partial charge in [0.1, 0.15) is 0 Å². The fraction of sp³-hybridized carbons (Fsp3) is 0.643. The van der Waals surface area contributed by atoms with Crippen LogP contribution in [0, 0.1) is 6.92 Å². The van der Waals surface area contributed by atoms with Crippen molar-refractivity contribution >= 4 is 21.8 Å². The molecule has 0 aromatic carbocycles. The molecule has 0 radical (unpaired) electrons. The van der Waals surface area contributed by atoms with Crippen LogP contribution >= 0.6 is 15.9 Å². The summed E-state index contributed by atoms with van der Waals surface area (Å²) in [5, 5.41) is 2.97. The van der Waals surface area contributed by atoms with E-state index in [1.54, 1.807) is 6.07 Å². The molecule has 102 valence electrons. The lowest BCUT2D eigenvalue weighted by Crippen LogP contribution is -2.32. The van der Waals surface area contributed by atoms with E-state index in [4.69, 9.17) is 4.42 Å². The molecule has 1 unspecified atom stereocenters. The molecule has 1 aromatic heterocycles. The molecular formula is C14H22BrNO2.